The number of nitrogens with one attached hydrogen (secondary N) is 1. The van der Waals surface area contributed by atoms with E-state index < -0.39 is 10.8 Å². The second kappa shape index (κ2) is 6.04. The summed E-state index contributed by atoms with van der Waals surface area (Å²) in [6.07, 6.45) is 0. The monoisotopic (exact) mass is 326 g/mol. The third-order valence-electron chi connectivity index (χ3n) is 3.55. The Morgan fingerprint density at radius 2 is 2.00 bits per heavy atom. The largest absolute Gasteiger partial charge is 0.497 e. The number of aryl methyl sites for hydroxylation is 1. The highest BCUT2D eigenvalue weighted by atomic mass is 16.6. The molecule has 7 nitrogen and oxygen atoms in total. The number of carbonyl (C=O) groups is 1. The molecule has 1 aromatic heterocycles. The summed E-state index contributed by atoms with van der Waals surface area (Å²) in [5, 5.41) is 14.3. The van der Waals surface area contributed by atoms with Crippen molar-refractivity contribution in [2.75, 3.05) is 12.4 Å². The van der Waals surface area contributed by atoms with Crippen LogP contribution in [0.1, 0.15) is 16.1 Å². The molecule has 24 heavy (non-hydrogen) atoms. The molecule has 1 N–H and O–H groups in total. The minimum Gasteiger partial charge on any atom is -0.497 e. The first-order valence-corrected chi connectivity index (χ1v) is 7.12. The molecule has 0 bridgehead atoms. The van der Waals surface area contributed by atoms with E-state index in [1.807, 2.05) is 0 Å². The molecule has 3 rings (SSSR count). The smallest absolute Gasteiger partial charge is 0.293 e. The van der Waals surface area contributed by atoms with E-state index in [9.17, 15) is 14.9 Å². The number of nitro benzene ring substituents is 1. The molecular weight excluding hydrogens is 312 g/mol. The number of hydrogen-bond acceptors (Lipinski definition) is 5. The van der Waals surface area contributed by atoms with Gasteiger partial charge in [-0.05, 0) is 42.8 Å². The molecule has 0 radical (unpaired) electrons. The van der Waals surface area contributed by atoms with E-state index in [2.05, 4.69) is 5.32 Å². The van der Waals surface area contributed by atoms with Crippen molar-refractivity contribution >= 4 is 28.3 Å². The lowest BCUT2D eigenvalue weighted by Gasteiger charge is -2.05. The van der Waals surface area contributed by atoms with E-state index in [4.69, 9.17) is 9.15 Å². The third kappa shape index (κ3) is 2.91. The zero-order valence-electron chi connectivity index (χ0n) is 13.0. The van der Waals surface area contributed by atoms with Crippen LogP contribution in [-0.2, 0) is 0 Å². The summed E-state index contributed by atoms with van der Waals surface area (Å²) in [4.78, 5) is 22.9. The summed E-state index contributed by atoms with van der Waals surface area (Å²) in [5.74, 6) is 0.148. The summed E-state index contributed by atoms with van der Waals surface area (Å²) in [6.45, 7) is 1.74. The van der Waals surface area contributed by atoms with Gasteiger partial charge in [0, 0.05) is 11.5 Å². The van der Waals surface area contributed by atoms with Gasteiger partial charge in [-0.15, -0.1) is 0 Å². The standard InChI is InChI=1S/C17H14N2O5/c1-10-3-5-13(14(7-10)19(21)22)18-17(20)16-9-11-8-12(23-2)4-6-15(11)24-16/h3-9H,1-2H3,(H,18,20). The Kier molecular flexibility index (Phi) is 3.91. The molecule has 0 saturated carbocycles. The van der Waals surface area contributed by atoms with Gasteiger partial charge in [-0.3, -0.25) is 14.9 Å². The Balaban J connectivity index is 1.91. The van der Waals surface area contributed by atoms with Crippen LogP contribution in [0.15, 0.2) is 46.9 Å². The number of rotatable bonds is 4. The predicted molar refractivity (Wildman–Crippen MR) is 88.6 cm³/mol. The number of amides is 1. The fraction of sp³-hybridized carbons (Fsp3) is 0.118. The van der Waals surface area contributed by atoms with E-state index in [1.165, 1.54) is 12.1 Å². The minimum atomic E-state index is -0.558. The number of furan rings is 1. The molecule has 1 heterocycles. The second-order valence-electron chi connectivity index (χ2n) is 5.25. The van der Waals surface area contributed by atoms with Crippen molar-refractivity contribution in [3.8, 4) is 5.75 Å². The molecule has 0 aliphatic heterocycles. The Labute approximate surface area is 137 Å². The fourth-order valence-corrected chi connectivity index (χ4v) is 2.34. The predicted octanol–water partition coefficient (Wildman–Crippen LogP) is 3.91. The molecule has 0 saturated heterocycles. The molecule has 7 heteroatoms. The van der Waals surface area contributed by atoms with Crippen LogP contribution in [0, 0.1) is 17.0 Å². The number of methoxy groups -OCH3 is 1. The lowest BCUT2D eigenvalue weighted by Crippen LogP contribution is -2.12. The maximum Gasteiger partial charge on any atom is 0.293 e. The number of fused-ring (bicyclic) bond motifs is 1. The molecular formula is C17H14N2O5. The topological polar surface area (TPSA) is 94.6 Å². The lowest BCUT2D eigenvalue weighted by atomic mass is 10.2. The van der Waals surface area contributed by atoms with E-state index in [1.54, 1.807) is 44.4 Å². The lowest BCUT2D eigenvalue weighted by molar-refractivity contribution is -0.384. The summed E-state index contributed by atoms with van der Waals surface area (Å²) in [7, 11) is 1.55. The van der Waals surface area contributed by atoms with Crippen molar-refractivity contribution in [2.45, 2.75) is 6.92 Å². The first kappa shape index (κ1) is 15.5. The number of ether oxygens (including phenoxy) is 1. The van der Waals surface area contributed by atoms with Crippen LogP contribution < -0.4 is 10.1 Å². The molecule has 1 amide bonds. The van der Waals surface area contributed by atoms with Gasteiger partial charge in [-0.25, -0.2) is 0 Å². The average molecular weight is 326 g/mol. The zero-order valence-corrected chi connectivity index (χ0v) is 13.0. The number of anilines is 1. The van der Waals surface area contributed by atoms with Gasteiger partial charge < -0.3 is 14.5 Å². The first-order valence-electron chi connectivity index (χ1n) is 7.12. The number of nitrogens with zero attached hydrogens (tertiary/aromatic N) is 1. The number of carbonyl (C=O) groups excluding carboxylic acids is 1. The number of hydrogen-bond donors (Lipinski definition) is 1. The quantitative estimate of drug-likeness (QED) is 0.579. The summed E-state index contributed by atoms with van der Waals surface area (Å²) >= 11 is 0. The van der Waals surface area contributed by atoms with Gasteiger partial charge in [0.25, 0.3) is 11.6 Å². The normalized spacial score (nSPS) is 10.6. The van der Waals surface area contributed by atoms with Crippen LogP contribution in [0.2, 0.25) is 0 Å². The molecule has 0 atom stereocenters. The van der Waals surface area contributed by atoms with Crippen molar-refractivity contribution < 1.29 is 18.9 Å². The van der Waals surface area contributed by atoms with Crippen molar-refractivity contribution in [1.29, 1.82) is 0 Å². The molecule has 3 aromatic rings. The van der Waals surface area contributed by atoms with Crippen molar-refractivity contribution in [2.24, 2.45) is 0 Å². The van der Waals surface area contributed by atoms with Crippen LogP contribution >= 0.6 is 0 Å². The van der Waals surface area contributed by atoms with Crippen molar-refractivity contribution in [3.63, 3.8) is 0 Å². The van der Waals surface area contributed by atoms with E-state index >= 15 is 0 Å². The maximum absolute atomic E-state index is 12.3. The van der Waals surface area contributed by atoms with Crippen LogP contribution in [0.4, 0.5) is 11.4 Å². The van der Waals surface area contributed by atoms with Gasteiger partial charge in [-0.1, -0.05) is 6.07 Å². The SMILES string of the molecule is COc1ccc2oc(C(=O)Nc3ccc(C)cc3[N+](=O)[O-])cc2c1. The van der Waals surface area contributed by atoms with Gasteiger partial charge in [-0.2, -0.15) is 0 Å². The summed E-state index contributed by atoms with van der Waals surface area (Å²) in [6, 6.07) is 11.3. The Hall–Kier alpha value is -3.35. The minimum absolute atomic E-state index is 0.0631. The first-order chi connectivity index (χ1) is 11.5. The number of nitro groups is 1. The average Bonchev–Trinajstić information content (AvgIpc) is 2.99. The van der Waals surface area contributed by atoms with E-state index in [-0.39, 0.29) is 17.1 Å². The van der Waals surface area contributed by atoms with Gasteiger partial charge in [0.2, 0.25) is 0 Å². The van der Waals surface area contributed by atoms with E-state index in [0.29, 0.717) is 16.7 Å². The molecule has 0 aliphatic rings. The highest BCUT2D eigenvalue weighted by Crippen LogP contribution is 2.28. The Bertz CT molecular complexity index is 945. The molecule has 122 valence electrons. The Morgan fingerprint density at radius 1 is 1.21 bits per heavy atom. The molecule has 0 unspecified atom stereocenters. The summed E-state index contributed by atoms with van der Waals surface area (Å²) in [5.41, 5.74) is 1.21. The van der Waals surface area contributed by atoms with Gasteiger partial charge in [0.15, 0.2) is 5.76 Å². The van der Waals surface area contributed by atoms with Crippen LogP contribution in [0.3, 0.4) is 0 Å². The molecule has 0 fully saturated rings. The number of benzene rings is 2. The van der Waals surface area contributed by atoms with Crippen LogP contribution in [0.5, 0.6) is 5.75 Å². The molecule has 0 spiro atoms. The zero-order chi connectivity index (χ0) is 17.3. The van der Waals surface area contributed by atoms with Crippen LogP contribution in [-0.4, -0.2) is 17.9 Å². The van der Waals surface area contributed by atoms with Crippen molar-refractivity contribution in [1.82, 2.24) is 0 Å². The second-order valence-corrected chi connectivity index (χ2v) is 5.25. The van der Waals surface area contributed by atoms with E-state index in [0.717, 1.165) is 5.56 Å². The third-order valence-corrected chi connectivity index (χ3v) is 3.55. The van der Waals surface area contributed by atoms with Crippen LogP contribution in [0.25, 0.3) is 11.0 Å². The highest BCUT2D eigenvalue weighted by Gasteiger charge is 2.19. The fourth-order valence-electron chi connectivity index (χ4n) is 2.34. The Morgan fingerprint density at radius 3 is 2.71 bits per heavy atom. The van der Waals surface area contributed by atoms with Gasteiger partial charge in [0.1, 0.15) is 17.0 Å². The molecule has 2 aromatic carbocycles. The van der Waals surface area contributed by atoms with Gasteiger partial charge >= 0.3 is 0 Å². The summed E-state index contributed by atoms with van der Waals surface area (Å²) < 4.78 is 10.6. The maximum atomic E-state index is 12.3. The highest BCUT2D eigenvalue weighted by molar-refractivity contribution is 6.05. The van der Waals surface area contributed by atoms with Crippen molar-refractivity contribution in [3.05, 3.63) is 63.9 Å². The molecule has 0 aliphatic carbocycles. The van der Waals surface area contributed by atoms with Gasteiger partial charge in [0.05, 0.1) is 12.0 Å².